The first kappa shape index (κ1) is 21.9. The first-order valence-corrected chi connectivity index (χ1v) is 11.1. The number of thioether (sulfide) groups is 1. The lowest BCUT2D eigenvalue weighted by Crippen LogP contribution is -2.44. The van der Waals surface area contributed by atoms with E-state index in [9.17, 15) is 18.4 Å². The maximum absolute atomic E-state index is 13.5. The number of carbonyl (C=O) groups excluding carboxylic acids is 2. The minimum atomic E-state index is -0.393. The molecule has 32 heavy (non-hydrogen) atoms. The molecular formula is C22H21F2N5O2S. The lowest BCUT2D eigenvalue weighted by atomic mass is 9.97. The largest absolute Gasteiger partial charge is 0.369 e. The lowest BCUT2D eigenvalue weighted by Gasteiger charge is -2.31. The second kappa shape index (κ2) is 9.47. The normalized spacial score (nSPS) is 16.2. The topological polar surface area (TPSA) is 94.1 Å². The molecule has 1 atom stereocenters. The number of hydrogen-bond donors (Lipinski definition) is 1. The third-order valence-electron chi connectivity index (χ3n) is 5.32. The summed E-state index contributed by atoms with van der Waals surface area (Å²) in [6.45, 7) is 0.898. The van der Waals surface area contributed by atoms with Crippen LogP contribution in [-0.2, 0) is 9.59 Å². The molecule has 0 saturated carbocycles. The minimum absolute atomic E-state index is 0.0915. The van der Waals surface area contributed by atoms with Gasteiger partial charge in [-0.15, -0.1) is 10.2 Å². The molecule has 1 aromatic heterocycles. The van der Waals surface area contributed by atoms with E-state index in [0.29, 0.717) is 41.7 Å². The van der Waals surface area contributed by atoms with Crippen LogP contribution in [0.2, 0.25) is 0 Å². The number of hydrogen-bond acceptors (Lipinski definition) is 5. The lowest BCUT2D eigenvalue weighted by molar-refractivity contribution is -0.132. The molecule has 2 heterocycles. The number of carbonyl (C=O) groups is 2. The van der Waals surface area contributed by atoms with Crippen molar-refractivity contribution in [2.45, 2.75) is 18.0 Å². The summed E-state index contributed by atoms with van der Waals surface area (Å²) in [4.78, 5) is 25.9. The Hall–Kier alpha value is -3.27. The van der Waals surface area contributed by atoms with Gasteiger partial charge in [0, 0.05) is 24.3 Å². The number of rotatable bonds is 6. The molecule has 0 spiro atoms. The zero-order valence-corrected chi connectivity index (χ0v) is 17.9. The number of amides is 2. The third kappa shape index (κ3) is 4.80. The second-order valence-electron chi connectivity index (χ2n) is 7.49. The number of halogens is 2. The summed E-state index contributed by atoms with van der Waals surface area (Å²) in [6, 6.07) is 11.6. The van der Waals surface area contributed by atoms with Gasteiger partial charge in [-0.25, -0.2) is 8.78 Å². The average molecular weight is 458 g/mol. The highest BCUT2D eigenvalue weighted by Crippen LogP contribution is 2.29. The molecule has 1 aliphatic rings. The van der Waals surface area contributed by atoms with Crippen molar-refractivity contribution in [3.8, 4) is 17.1 Å². The Kier molecular flexibility index (Phi) is 6.50. The van der Waals surface area contributed by atoms with E-state index in [-0.39, 0.29) is 29.2 Å². The monoisotopic (exact) mass is 457 g/mol. The van der Waals surface area contributed by atoms with Crippen LogP contribution in [0.5, 0.6) is 0 Å². The zero-order chi connectivity index (χ0) is 22.7. The van der Waals surface area contributed by atoms with Gasteiger partial charge >= 0.3 is 0 Å². The molecular weight excluding hydrogens is 436 g/mol. The van der Waals surface area contributed by atoms with Crippen LogP contribution in [0.3, 0.4) is 0 Å². The molecule has 1 unspecified atom stereocenters. The van der Waals surface area contributed by atoms with Crippen LogP contribution in [0, 0.1) is 17.6 Å². The van der Waals surface area contributed by atoms with E-state index in [1.165, 1.54) is 36.0 Å². The van der Waals surface area contributed by atoms with Gasteiger partial charge in [0.2, 0.25) is 11.8 Å². The Balaban J connectivity index is 1.58. The Morgan fingerprint density at radius 3 is 2.34 bits per heavy atom. The number of nitrogens with zero attached hydrogens (tertiary/aromatic N) is 4. The first-order valence-electron chi connectivity index (χ1n) is 10.1. The van der Waals surface area contributed by atoms with Crippen molar-refractivity contribution in [2.75, 3.05) is 18.8 Å². The number of piperidine rings is 1. The van der Waals surface area contributed by atoms with Crippen LogP contribution in [0.1, 0.15) is 12.8 Å². The standard InChI is InChI=1S/C22H21F2N5O2S/c23-16-5-3-14(4-6-16)21-26-27-22(29(21)18-9-7-17(24)8-10-18)32-13-19(30)28-11-1-2-15(12-28)20(25)31/h3-10,15H,1-2,11-13H2,(H2,25,31). The van der Waals surface area contributed by atoms with Crippen molar-refractivity contribution in [1.29, 1.82) is 0 Å². The Morgan fingerprint density at radius 1 is 1.03 bits per heavy atom. The summed E-state index contributed by atoms with van der Waals surface area (Å²) in [7, 11) is 0. The van der Waals surface area contributed by atoms with Crippen LogP contribution in [0.15, 0.2) is 53.7 Å². The van der Waals surface area contributed by atoms with Crippen molar-refractivity contribution in [3.63, 3.8) is 0 Å². The molecule has 2 aromatic carbocycles. The van der Waals surface area contributed by atoms with E-state index < -0.39 is 5.91 Å². The molecule has 0 bridgehead atoms. The fraction of sp³-hybridized carbons (Fsp3) is 0.273. The smallest absolute Gasteiger partial charge is 0.233 e. The van der Waals surface area contributed by atoms with Crippen molar-refractivity contribution in [3.05, 3.63) is 60.2 Å². The van der Waals surface area contributed by atoms with E-state index in [1.807, 2.05) is 0 Å². The number of benzene rings is 2. The number of primary amides is 1. The van der Waals surface area contributed by atoms with Crippen molar-refractivity contribution >= 4 is 23.6 Å². The van der Waals surface area contributed by atoms with Gasteiger partial charge in [0.1, 0.15) is 11.6 Å². The number of nitrogens with two attached hydrogens (primary N) is 1. The predicted octanol–water partition coefficient (Wildman–Crippen LogP) is 3.03. The molecule has 1 fully saturated rings. The maximum atomic E-state index is 13.5. The van der Waals surface area contributed by atoms with Gasteiger partial charge in [-0.3, -0.25) is 14.2 Å². The van der Waals surface area contributed by atoms with Crippen LogP contribution in [0.25, 0.3) is 17.1 Å². The van der Waals surface area contributed by atoms with E-state index in [1.54, 1.807) is 33.7 Å². The third-order valence-corrected chi connectivity index (χ3v) is 6.24. The Morgan fingerprint density at radius 2 is 1.69 bits per heavy atom. The van der Waals surface area contributed by atoms with Gasteiger partial charge in [-0.2, -0.15) is 0 Å². The van der Waals surface area contributed by atoms with E-state index in [4.69, 9.17) is 5.73 Å². The maximum Gasteiger partial charge on any atom is 0.233 e. The van der Waals surface area contributed by atoms with Crippen LogP contribution >= 0.6 is 11.8 Å². The summed E-state index contributed by atoms with van der Waals surface area (Å²) in [5.74, 6) is -1.08. The summed E-state index contributed by atoms with van der Waals surface area (Å²) in [5, 5.41) is 8.89. The molecule has 166 valence electrons. The summed E-state index contributed by atoms with van der Waals surface area (Å²) in [6.07, 6.45) is 1.41. The molecule has 2 N–H and O–H groups in total. The highest BCUT2D eigenvalue weighted by atomic mass is 32.2. The Labute approximate surface area is 187 Å². The molecule has 2 amide bonds. The van der Waals surface area contributed by atoms with E-state index in [0.717, 1.165) is 6.42 Å². The quantitative estimate of drug-likeness (QED) is 0.575. The molecule has 1 aliphatic heterocycles. The molecule has 10 heteroatoms. The van der Waals surface area contributed by atoms with E-state index in [2.05, 4.69) is 10.2 Å². The molecule has 0 aliphatic carbocycles. The first-order chi connectivity index (χ1) is 15.4. The molecule has 0 radical (unpaired) electrons. The molecule has 4 rings (SSSR count). The fourth-order valence-electron chi connectivity index (χ4n) is 3.63. The minimum Gasteiger partial charge on any atom is -0.369 e. The van der Waals surface area contributed by atoms with E-state index >= 15 is 0 Å². The van der Waals surface area contributed by atoms with Crippen molar-refractivity contribution < 1.29 is 18.4 Å². The summed E-state index contributed by atoms with van der Waals surface area (Å²) >= 11 is 1.19. The number of aromatic nitrogens is 3. The molecule has 7 nitrogen and oxygen atoms in total. The van der Waals surface area contributed by atoms with Crippen LogP contribution in [0.4, 0.5) is 8.78 Å². The van der Waals surface area contributed by atoms with Gasteiger partial charge < -0.3 is 10.6 Å². The molecule has 1 saturated heterocycles. The number of likely N-dealkylation sites (tertiary alicyclic amines) is 1. The predicted molar refractivity (Wildman–Crippen MR) is 116 cm³/mol. The van der Waals surface area contributed by atoms with Gasteiger partial charge in [0.05, 0.1) is 11.7 Å². The highest BCUT2D eigenvalue weighted by Gasteiger charge is 2.27. The summed E-state index contributed by atoms with van der Waals surface area (Å²) in [5.41, 5.74) is 6.64. The summed E-state index contributed by atoms with van der Waals surface area (Å²) < 4.78 is 28.6. The SMILES string of the molecule is NC(=O)C1CCCN(C(=O)CSc2nnc(-c3ccc(F)cc3)n2-c2ccc(F)cc2)C1. The fourth-order valence-corrected chi connectivity index (χ4v) is 4.48. The molecule has 3 aromatic rings. The van der Waals surface area contributed by atoms with Gasteiger partial charge in [0.25, 0.3) is 0 Å². The Bertz CT molecular complexity index is 1120. The van der Waals surface area contributed by atoms with Crippen LogP contribution in [-0.4, -0.2) is 50.3 Å². The van der Waals surface area contributed by atoms with Gasteiger partial charge in [-0.1, -0.05) is 11.8 Å². The van der Waals surface area contributed by atoms with Crippen LogP contribution < -0.4 is 5.73 Å². The average Bonchev–Trinajstić information content (AvgIpc) is 3.22. The van der Waals surface area contributed by atoms with Crippen molar-refractivity contribution in [1.82, 2.24) is 19.7 Å². The second-order valence-corrected chi connectivity index (χ2v) is 8.44. The van der Waals surface area contributed by atoms with Crippen molar-refractivity contribution in [2.24, 2.45) is 11.7 Å². The highest BCUT2D eigenvalue weighted by molar-refractivity contribution is 7.99. The zero-order valence-electron chi connectivity index (χ0n) is 17.1. The van der Waals surface area contributed by atoms with Gasteiger partial charge in [-0.05, 0) is 61.4 Å². The van der Waals surface area contributed by atoms with Gasteiger partial charge in [0.15, 0.2) is 11.0 Å².